The van der Waals surface area contributed by atoms with Gasteiger partial charge in [-0.2, -0.15) is 13.2 Å². The van der Waals surface area contributed by atoms with Crippen LogP contribution in [0, 0.1) is 0 Å². The van der Waals surface area contributed by atoms with Gasteiger partial charge in [0.05, 0.1) is 10.6 Å². The molecule has 5 rings (SSSR count). The predicted molar refractivity (Wildman–Crippen MR) is 158 cm³/mol. The molecule has 212 valence electrons. The number of nitrogens with one attached hydrogen (secondary N) is 1. The number of benzene rings is 3. The molecule has 0 aliphatic carbocycles. The molecule has 41 heavy (non-hydrogen) atoms. The molecule has 1 saturated heterocycles. The minimum Gasteiger partial charge on any atom is -0.353 e. The van der Waals surface area contributed by atoms with Crippen molar-refractivity contribution in [3.8, 4) is 22.3 Å². The fourth-order valence-electron chi connectivity index (χ4n) is 4.79. The largest absolute Gasteiger partial charge is 0.417 e. The molecule has 4 aromatic rings. The van der Waals surface area contributed by atoms with Gasteiger partial charge in [-0.05, 0) is 41.0 Å². The van der Waals surface area contributed by atoms with E-state index >= 15 is 0 Å². The van der Waals surface area contributed by atoms with E-state index in [1.807, 2.05) is 47.4 Å². The molecule has 1 aromatic heterocycles. The molecule has 1 N–H and O–H groups in total. The van der Waals surface area contributed by atoms with Crippen LogP contribution in [-0.2, 0) is 6.18 Å². The number of nitrogens with zero attached hydrogens (tertiary/aromatic N) is 3. The Morgan fingerprint density at radius 2 is 1.49 bits per heavy atom. The molecule has 0 spiro atoms. The van der Waals surface area contributed by atoms with Crippen LogP contribution in [0.4, 0.5) is 19.0 Å². The lowest BCUT2D eigenvalue weighted by atomic mass is 9.99. The Morgan fingerprint density at radius 1 is 0.829 bits per heavy atom. The maximum Gasteiger partial charge on any atom is 0.417 e. The van der Waals surface area contributed by atoms with Crippen LogP contribution in [-0.4, -0.2) is 55.1 Å². The smallest absolute Gasteiger partial charge is 0.353 e. The third-order valence-corrected chi connectivity index (χ3v) is 7.67. The lowest BCUT2D eigenvalue weighted by molar-refractivity contribution is -0.137. The van der Waals surface area contributed by atoms with Gasteiger partial charge in [0.25, 0.3) is 5.91 Å². The first-order valence-corrected chi connectivity index (χ1v) is 13.9. The van der Waals surface area contributed by atoms with Crippen molar-refractivity contribution in [1.29, 1.82) is 0 Å². The first kappa shape index (κ1) is 28.9. The van der Waals surface area contributed by atoms with Crippen molar-refractivity contribution in [3.63, 3.8) is 0 Å². The third-order valence-electron chi connectivity index (χ3n) is 7.07. The van der Waals surface area contributed by atoms with E-state index in [0.29, 0.717) is 55.7 Å². The number of piperazine rings is 1. The van der Waals surface area contributed by atoms with E-state index in [0.717, 1.165) is 34.5 Å². The maximum atomic E-state index is 12.9. The lowest BCUT2D eigenvalue weighted by Gasteiger charge is -2.35. The summed E-state index contributed by atoms with van der Waals surface area (Å²) in [6.45, 7) is 3.54. The highest BCUT2D eigenvalue weighted by Gasteiger charge is 2.32. The normalized spacial score (nSPS) is 14.2. The number of hydrogen-bond acceptors (Lipinski definition) is 4. The van der Waals surface area contributed by atoms with Crippen molar-refractivity contribution < 1.29 is 18.0 Å². The molecule has 5 nitrogen and oxygen atoms in total. The van der Waals surface area contributed by atoms with Gasteiger partial charge in [0.15, 0.2) is 0 Å². The SMILES string of the molecule is O=C(NCCN1CCN(c2ncc(C(F)(F)F)cc2Cl)CC1)c1ccc(Cl)c(-c2ccc(-c3ccccc3)cc2)c1. The second-order valence-corrected chi connectivity index (χ2v) is 10.6. The van der Waals surface area contributed by atoms with E-state index in [4.69, 9.17) is 23.2 Å². The van der Waals surface area contributed by atoms with Crippen molar-refractivity contribution in [1.82, 2.24) is 15.2 Å². The number of halogens is 5. The molecule has 3 aromatic carbocycles. The number of amides is 1. The van der Waals surface area contributed by atoms with E-state index < -0.39 is 11.7 Å². The number of pyridine rings is 1. The molecule has 0 radical (unpaired) electrons. The molecule has 1 aliphatic rings. The third kappa shape index (κ3) is 7.01. The second-order valence-electron chi connectivity index (χ2n) is 9.75. The molecule has 0 saturated carbocycles. The molecule has 0 unspecified atom stereocenters. The number of rotatable bonds is 7. The van der Waals surface area contributed by atoms with Crippen LogP contribution >= 0.6 is 23.2 Å². The molecule has 10 heteroatoms. The standard InChI is InChI=1S/C31H27Cl2F3N4O/c32-27-11-10-24(18-26(27)23-8-6-22(7-9-23)21-4-2-1-3-5-21)30(41)37-12-13-39-14-16-40(17-15-39)29-28(33)19-25(20-38-29)31(34,35)36/h1-11,18-20H,12-17H2,(H,37,41). The zero-order chi connectivity index (χ0) is 29.0. The average Bonchev–Trinajstić information content (AvgIpc) is 2.98. The van der Waals surface area contributed by atoms with Crippen LogP contribution < -0.4 is 10.2 Å². The summed E-state index contributed by atoms with van der Waals surface area (Å²) in [6, 6.07) is 24.3. The molecular weight excluding hydrogens is 572 g/mol. The minimum atomic E-state index is -4.49. The van der Waals surface area contributed by atoms with Crippen LogP contribution in [0.15, 0.2) is 85.1 Å². The van der Waals surface area contributed by atoms with E-state index in [1.54, 1.807) is 18.2 Å². The van der Waals surface area contributed by atoms with Crippen LogP contribution in [0.25, 0.3) is 22.3 Å². The molecule has 0 bridgehead atoms. The van der Waals surface area contributed by atoms with Crippen molar-refractivity contribution in [3.05, 3.63) is 106 Å². The van der Waals surface area contributed by atoms with Crippen molar-refractivity contribution in [2.75, 3.05) is 44.2 Å². The van der Waals surface area contributed by atoms with Gasteiger partial charge >= 0.3 is 6.18 Å². The van der Waals surface area contributed by atoms with Gasteiger partial charge in [0, 0.05) is 61.6 Å². The second kappa shape index (κ2) is 12.5. The number of carbonyl (C=O) groups excluding carboxylic acids is 1. The fourth-order valence-corrected chi connectivity index (χ4v) is 5.30. The predicted octanol–water partition coefficient (Wildman–Crippen LogP) is 7.29. The summed E-state index contributed by atoms with van der Waals surface area (Å²) in [6.07, 6.45) is -3.68. The summed E-state index contributed by atoms with van der Waals surface area (Å²) in [5, 5.41) is 3.52. The number of anilines is 1. The average molecular weight is 599 g/mol. The first-order chi connectivity index (χ1) is 19.7. The number of alkyl halides is 3. The number of carbonyl (C=O) groups is 1. The van der Waals surface area contributed by atoms with Crippen LogP contribution in [0.1, 0.15) is 15.9 Å². The Bertz CT molecular complexity index is 1510. The quantitative estimate of drug-likeness (QED) is 0.242. The highest BCUT2D eigenvalue weighted by Crippen LogP contribution is 2.34. The zero-order valence-corrected chi connectivity index (χ0v) is 23.5. The van der Waals surface area contributed by atoms with Gasteiger partial charge in [0.2, 0.25) is 0 Å². The van der Waals surface area contributed by atoms with E-state index in [1.165, 1.54) is 0 Å². The van der Waals surface area contributed by atoms with Gasteiger partial charge in [-0.15, -0.1) is 0 Å². The van der Waals surface area contributed by atoms with Crippen LogP contribution in [0.2, 0.25) is 10.0 Å². The Kier molecular flexibility index (Phi) is 8.82. The monoisotopic (exact) mass is 598 g/mol. The van der Waals surface area contributed by atoms with Crippen molar-refractivity contribution >= 4 is 34.9 Å². The van der Waals surface area contributed by atoms with E-state index in [-0.39, 0.29) is 10.9 Å². The van der Waals surface area contributed by atoms with Gasteiger partial charge in [-0.3, -0.25) is 9.69 Å². The highest BCUT2D eigenvalue weighted by molar-refractivity contribution is 6.33. The summed E-state index contributed by atoms with van der Waals surface area (Å²) >= 11 is 12.6. The molecule has 2 heterocycles. The zero-order valence-electron chi connectivity index (χ0n) is 22.0. The van der Waals surface area contributed by atoms with E-state index in [2.05, 4.69) is 27.3 Å². The summed E-state index contributed by atoms with van der Waals surface area (Å²) in [4.78, 5) is 20.9. The number of hydrogen-bond donors (Lipinski definition) is 1. The summed E-state index contributed by atoms with van der Waals surface area (Å²) in [7, 11) is 0. The Labute approximate surface area is 246 Å². The number of aromatic nitrogens is 1. The van der Waals surface area contributed by atoms with E-state index in [9.17, 15) is 18.0 Å². The summed E-state index contributed by atoms with van der Waals surface area (Å²) in [5.74, 6) is 0.157. The Hall–Kier alpha value is -3.59. The van der Waals surface area contributed by atoms with Gasteiger partial charge in [0.1, 0.15) is 5.82 Å². The lowest BCUT2D eigenvalue weighted by Crippen LogP contribution is -2.48. The van der Waals surface area contributed by atoms with Crippen molar-refractivity contribution in [2.24, 2.45) is 0 Å². The first-order valence-electron chi connectivity index (χ1n) is 13.1. The highest BCUT2D eigenvalue weighted by atomic mass is 35.5. The molecule has 1 fully saturated rings. The van der Waals surface area contributed by atoms with Gasteiger partial charge < -0.3 is 10.2 Å². The maximum absolute atomic E-state index is 12.9. The Balaban J connectivity index is 1.13. The molecule has 0 atom stereocenters. The van der Waals surface area contributed by atoms with Crippen molar-refractivity contribution in [2.45, 2.75) is 6.18 Å². The molecular formula is C31H27Cl2F3N4O. The topological polar surface area (TPSA) is 48.5 Å². The fraction of sp³-hybridized carbons (Fsp3) is 0.226. The summed E-state index contributed by atoms with van der Waals surface area (Å²) < 4.78 is 38.7. The van der Waals surface area contributed by atoms with Crippen LogP contribution in [0.3, 0.4) is 0 Å². The molecule has 1 aliphatic heterocycles. The minimum absolute atomic E-state index is 0.0185. The van der Waals surface area contributed by atoms with Gasteiger partial charge in [-0.1, -0.05) is 77.8 Å². The summed E-state index contributed by atoms with van der Waals surface area (Å²) in [5.41, 5.74) is 3.58. The molecule has 1 amide bonds. The van der Waals surface area contributed by atoms with Gasteiger partial charge in [-0.25, -0.2) is 4.98 Å². The Morgan fingerprint density at radius 3 is 2.15 bits per heavy atom. The van der Waals surface area contributed by atoms with Crippen LogP contribution in [0.5, 0.6) is 0 Å².